The van der Waals surface area contributed by atoms with Gasteiger partial charge in [0.05, 0.1) is 16.1 Å². The van der Waals surface area contributed by atoms with Gasteiger partial charge < -0.3 is 0 Å². The Kier molecular flexibility index (Phi) is 3.74. The summed E-state index contributed by atoms with van der Waals surface area (Å²) in [6, 6.07) is 3.14. The highest BCUT2D eigenvalue weighted by Crippen LogP contribution is 2.38. The average Bonchev–Trinajstić information content (AvgIpc) is 2.80. The van der Waals surface area contributed by atoms with Crippen LogP contribution in [-0.2, 0) is 6.42 Å². The average molecular weight is 336 g/mol. The van der Waals surface area contributed by atoms with Crippen molar-refractivity contribution >= 4 is 39.8 Å². The van der Waals surface area contributed by atoms with Gasteiger partial charge in [-0.15, -0.1) is 0 Å². The van der Waals surface area contributed by atoms with Gasteiger partial charge in [-0.3, -0.25) is 14.9 Å². The molecular weight excluding hydrogens is 322 g/mol. The number of thiazole rings is 1. The van der Waals surface area contributed by atoms with Crippen molar-refractivity contribution in [2.75, 3.05) is 5.32 Å². The van der Waals surface area contributed by atoms with Gasteiger partial charge in [0.1, 0.15) is 5.15 Å². The summed E-state index contributed by atoms with van der Waals surface area (Å²) in [4.78, 5) is 33.2. The molecule has 7 heteroatoms. The second-order valence-electron chi connectivity index (χ2n) is 6.06. The zero-order chi connectivity index (χ0) is 15.9. The number of carbonyl (C=O) groups excluding carboxylic acids is 2. The first-order valence-corrected chi connectivity index (χ1v) is 7.99. The fourth-order valence-electron chi connectivity index (χ4n) is 2.45. The molecule has 1 aliphatic carbocycles. The molecule has 0 unspecified atom stereocenters. The summed E-state index contributed by atoms with van der Waals surface area (Å²) in [6.07, 6.45) is 2.65. The lowest BCUT2D eigenvalue weighted by atomic mass is 9.78. The van der Waals surface area contributed by atoms with Gasteiger partial charge >= 0.3 is 0 Å². The van der Waals surface area contributed by atoms with Gasteiger partial charge in [0.25, 0.3) is 5.91 Å². The highest BCUT2D eigenvalue weighted by Gasteiger charge is 2.34. The van der Waals surface area contributed by atoms with Crippen molar-refractivity contribution < 1.29 is 9.59 Å². The minimum absolute atomic E-state index is 0.0838. The zero-order valence-electron chi connectivity index (χ0n) is 12.1. The molecule has 0 aromatic carbocycles. The maximum atomic E-state index is 12.1. The van der Waals surface area contributed by atoms with Crippen molar-refractivity contribution in [3.05, 3.63) is 39.6 Å². The number of amides is 1. The molecule has 0 radical (unpaired) electrons. The Morgan fingerprint density at radius 3 is 2.82 bits per heavy atom. The SMILES string of the molecule is CC1(C)CC(=O)c2sc(NC(=O)c3ccc(Cl)nc3)nc2C1. The number of Topliss-reactive ketones (excluding diaryl/α,β-unsaturated/α-hetero) is 1. The van der Waals surface area contributed by atoms with E-state index < -0.39 is 0 Å². The summed E-state index contributed by atoms with van der Waals surface area (Å²) in [5.41, 5.74) is 1.08. The third kappa shape index (κ3) is 3.03. The van der Waals surface area contributed by atoms with Crippen LogP contribution in [0.3, 0.4) is 0 Å². The molecule has 114 valence electrons. The minimum Gasteiger partial charge on any atom is -0.298 e. The largest absolute Gasteiger partial charge is 0.298 e. The number of nitrogens with zero attached hydrogens (tertiary/aromatic N) is 2. The van der Waals surface area contributed by atoms with E-state index in [2.05, 4.69) is 15.3 Å². The standard InChI is InChI=1S/C15H14ClN3O2S/c1-15(2)5-9-12(10(20)6-15)22-14(18-9)19-13(21)8-3-4-11(16)17-7-8/h3-4,7H,5-6H2,1-2H3,(H,18,19,21). The first kappa shape index (κ1) is 15.1. The number of carbonyl (C=O) groups is 2. The van der Waals surface area contributed by atoms with Crippen LogP contribution < -0.4 is 5.32 Å². The number of aromatic nitrogens is 2. The Labute approximate surface area is 136 Å². The molecule has 5 nitrogen and oxygen atoms in total. The van der Waals surface area contributed by atoms with Crippen LogP contribution in [0.2, 0.25) is 5.15 Å². The van der Waals surface area contributed by atoms with E-state index in [-0.39, 0.29) is 17.1 Å². The minimum atomic E-state index is -0.318. The van der Waals surface area contributed by atoms with E-state index in [9.17, 15) is 9.59 Å². The second kappa shape index (κ2) is 5.44. The fraction of sp³-hybridized carbons (Fsp3) is 0.333. The smallest absolute Gasteiger partial charge is 0.259 e. The number of nitrogens with one attached hydrogen (secondary N) is 1. The number of pyridine rings is 1. The van der Waals surface area contributed by atoms with Crippen LogP contribution in [0.15, 0.2) is 18.3 Å². The number of hydrogen-bond acceptors (Lipinski definition) is 5. The van der Waals surface area contributed by atoms with Gasteiger partial charge in [0.2, 0.25) is 0 Å². The van der Waals surface area contributed by atoms with Crippen molar-refractivity contribution in [2.24, 2.45) is 5.41 Å². The third-order valence-electron chi connectivity index (χ3n) is 3.45. The number of hydrogen-bond donors (Lipinski definition) is 1. The van der Waals surface area contributed by atoms with Crippen LogP contribution in [0.5, 0.6) is 0 Å². The van der Waals surface area contributed by atoms with Crippen molar-refractivity contribution in [3.8, 4) is 0 Å². The molecule has 2 heterocycles. The summed E-state index contributed by atoms with van der Waals surface area (Å²) < 4.78 is 0. The fourth-order valence-corrected chi connectivity index (χ4v) is 3.48. The van der Waals surface area contributed by atoms with E-state index in [0.717, 1.165) is 12.1 Å². The van der Waals surface area contributed by atoms with E-state index in [0.29, 0.717) is 27.1 Å². The van der Waals surface area contributed by atoms with Crippen molar-refractivity contribution in [3.63, 3.8) is 0 Å². The number of rotatable bonds is 2. The normalized spacial score (nSPS) is 16.2. The van der Waals surface area contributed by atoms with E-state index in [1.807, 2.05) is 13.8 Å². The Bertz CT molecular complexity index is 753. The molecule has 0 aliphatic heterocycles. The monoisotopic (exact) mass is 335 g/mol. The van der Waals surface area contributed by atoms with E-state index in [1.165, 1.54) is 17.5 Å². The lowest BCUT2D eigenvalue weighted by Gasteiger charge is -2.26. The van der Waals surface area contributed by atoms with Gasteiger partial charge in [-0.2, -0.15) is 0 Å². The Hall–Kier alpha value is -1.79. The van der Waals surface area contributed by atoms with E-state index in [1.54, 1.807) is 12.1 Å². The molecule has 0 saturated carbocycles. The molecule has 1 N–H and O–H groups in total. The van der Waals surface area contributed by atoms with Crippen LogP contribution >= 0.6 is 22.9 Å². The highest BCUT2D eigenvalue weighted by molar-refractivity contribution is 7.17. The first-order valence-electron chi connectivity index (χ1n) is 6.80. The number of anilines is 1. The molecule has 3 rings (SSSR count). The molecule has 0 atom stereocenters. The quantitative estimate of drug-likeness (QED) is 0.851. The third-order valence-corrected chi connectivity index (χ3v) is 4.72. The zero-order valence-corrected chi connectivity index (χ0v) is 13.7. The molecule has 0 fully saturated rings. The summed E-state index contributed by atoms with van der Waals surface area (Å²) in [6.45, 7) is 4.09. The lowest BCUT2D eigenvalue weighted by Crippen LogP contribution is -2.26. The summed E-state index contributed by atoms with van der Waals surface area (Å²) in [5, 5.41) is 3.48. The lowest BCUT2D eigenvalue weighted by molar-refractivity contribution is 0.0915. The molecule has 0 saturated heterocycles. The van der Waals surface area contributed by atoms with Gasteiger partial charge in [-0.05, 0) is 24.0 Å². The predicted molar refractivity (Wildman–Crippen MR) is 85.7 cm³/mol. The maximum absolute atomic E-state index is 12.1. The topological polar surface area (TPSA) is 72.0 Å². The number of fused-ring (bicyclic) bond motifs is 1. The van der Waals surface area contributed by atoms with Crippen LogP contribution in [0, 0.1) is 5.41 Å². The van der Waals surface area contributed by atoms with Crippen LogP contribution in [0.1, 0.15) is 46.0 Å². The second-order valence-corrected chi connectivity index (χ2v) is 7.45. The molecule has 22 heavy (non-hydrogen) atoms. The Morgan fingerprint density at radius 1 is 1.36 bits per heavy atom. The first-order chi connectivity index (χ1) is 10.3. The van der Waals surface area contributed by atoms with Crippen LogP contribution in [-0.4, -0.2) is 21.7 Å². The van der Waals surface area contributed by atoms with Gasteiger partial charge in [-0.25, -0.2) is 9.97 Å². The maximum Gasteiger partial charge on any atom is 0.259 e. The van der Waals surface area contributed by atoms with E-state index in [4.69, 9.17) is 11.6 Å². The Morgan fingerprint density at radius 2 is 2.14 bits per heavy atom. The van der Waals surface area contributed by atoms with Gasteiger partial charge in [-0.1, -0.05) is 36.8 Å². The van der Waals surface area contributed by atoms with Crippen LogP contribution in [0.4, 0.5) is 5.13 Å². The van der Waals surface area contributed by atoms with Gasteiger partial charge in [0.15, 0.2) is 10.9 Å². The number of ketones is 1. The summed E-state index contributed by atoms with van der Waals surface area (Å²) >= 11 is 6.93. The van der Waals surface area contributed by atoms with Crippen molar-refractivity contribution in [1.29, 1.82) is 0 Å². The summed E-state index contributed by atoms with van der Waals surface area (Å²) in [5.74, 6) is -0.223. The molecule has 0 spiro atoms. The summed E-state index contributed by atoms with van der Waals surface area (Å²) in [7, 11) is 0. The van der Waals surface area contributed by atoms with Crippen molar-refractivity contribution in [1.82, 2.24) is 9.97 Å². The van der Waals surface area contributed by atoms with Crippen molar-refractivity contribution in [2.45, 2.75) is 26.7 Å². The van der Waals surface area contributed by atoms with Crippen LogP contribution in [0.25, 0.3) is 0 Å². The highest BCUT2D eigenvalue weighted by atomic mass is 35.5. The molecule has 1 amide bonds. The number of halogens is 1. The molecular formula is C15H14ClN3O2S. The van der Waals surface area contributed by atoms with Gasteiger partial charge in [0, 0.05) is 12.6 Å². The van der Waals surface area contributed by atoms with E-state index >= 15 is 0 Å². The molecule has 2 aromatic rings. The molecule has 0 bridgehead atoms. The molecule has 2 aromatic heterocycles. The predicted octanol–water partition coefficient (Wildman–Crippen LogP) is 3.60. The Balaban J connectivity index is 1.81. The molecule has 1 aliphatic rings.